The Hall–Kier alpha value is -7.00. The summed E-state index contributed by atoms with van der Waals surface area (Å²) >= 11 is 0. The van der Waals surface area contributed by atoms with Gasteiger partial charge < -0.3 is 30.7 Å². The van der Waals surface area contributed by atoms with E-state index in [9.17, 15) is 19.2 Å². The number of unbranched alkanes of at least 4 members (excludes halogenated alkanes) is 4. The molecule has 0 aliphatic carbocycles. The Morgan fingerprint density at radius 3 is 1.17 bits per heavy atom. The third-order valence-corrected chi connectivity index (χ3v) is 10.3. The molecule has 4 amide bonds. The molecule has 0 saturated heterocycles. The highest BCUT2D eigenvalue weighted by molar-refractivity contribution is 5.98. The maximum atomic E-state index is 12.9. The highest BCUT2D eigenvalue weighted by atomic mass is 16.5. The molecule has 5 rings (SSSR count). The Morgan fingerprint density at radius 2 is 0.828 bits per heavy atom. The second kappa shape index (κ2) is 25.2. The number of nitrogens with zero attached hydrogens (tertiary/aromatic N) is 2. The maximum Gasteiger partial charge on any atom is 0.270 e. The molecule has 3 aromatic carbocycles. The maximum absolute atomic E-state index is 12.9. The Bertz CT molecular complexity index is 2310. The van der Waals surface area contributed by atoms with Gasteiger partial charge in [0.05, 0.1) is 0 Å². The zero-order valence-corrected chi connectivity index (χ0v) is 37.5. The molecule has 0 aliphatic rings. The van der Waals surface area contributed by atoms with E-state index in [0.29, 0.717) is 37.7 Å². The van der Waals surface area contributed by atoms with Crippen molar-refractivity contribution in [2.75, 3.05) is 26.2 Å². The van der Waals surface area contributed by atoms with E-state index in [1.807, 2.05) is 94.4 Å². The van der Waals surface area contributed by atoms with E-state index in [-0.39, 0.29) is 59.6 Å². The minimum Gasteiger partial charge on any atom is -0.489 e. The number of ether oxygens (including phenoxy) is 2. The molecule has 2 aromatic heterocycles. The first-order chi connectivity index (χ1) is 31.2. The van der Waals surface area contributed by atoms with Gasteiger partial charge in [0, 0.05) is 56.0 Å². The summed E-state index contributed by atoms with van der Waals surface area (Å²) in [5.41, 5.74) is 6.80. The van der Waals surface area contributed by atoms with Gasteiger partial charge >= 0.3 is 0 Å². The van der Waals surface area contributed by atoms with Crippen LogP contribution < -0.4 is 30.7 Å². The highest BCUT2D eigenvalue weighted by Gasteiger charge is 2.18. The number of terminal acetylenes is 1. The number of carbonyl (C=O) groups excluding carboxylic acids is 4. The van der Waals surface area contributed by atoms with Gasteiger partial charge in [-0.1, -0.05) is 120 Å². The zero-order chi connectivity index (χ0) is 45.7. The second-order valence-corrected chi connectivity index (χ2v) is 15.5. The van der Waals surface area contributed by atoms with Gasteiger partial charge in [0.15, 0.2) is 0 Å². The Kier molecular flexibility index (Phi) is 18.9. The molecule has 0 atom stereocenters. The molecule has 12 heteroatoms. The van der Waals surface area contributed by atoms with Gasteiger partial charge in [0.2, 0.25) is 0 Å². The average molecular weight is 865 g/mol. The number of benzene rings is 3. The molecular formula is C52H60N6O6. The van der Waals surface area contributed by atoms with E-state index in [4.69, 9.17) is 15.9 Å². The van der Waals surface area contributed by atoms with Crippen molar-refractivity contribution in [3.8, 4) is 46.1 Å². The monoisotopic (exact) mass is 864 g/mol. The van der Waals surface area contributed by atoms with Crippen molar-refractivity contribution in [1.82, 2.24) is 31.2 Å². The molecule has 334 valence electrons. The first kappa shape index (κ1) is 48.0. The van der Waals surface area contributed by atoms with Crippen LogP contribution in [0.2, 0.25) is 0 Å². The molecule has 0 saturated carbocycles. The minimum absolute atomic E-state index is 0.125. The van der Waals surface area contributed by atoms with Crippen molar-refractivity contribution < 1.29 is 28.7 Å². The van der Waals surface area contributed by atoms with Gasteiger partial charge in [-0.05, 0) is 65.1 Å². The fourth-order valence-electron chi connectivity index (χ4n) is 6.52. The second-order valence-electron chi connectivity index (χ2n) is 15.5. The number of aromatic nitrogens is 2. The normalized spacial score (nSPS) is 10.7. The largest absolute Gasteiger partial charge is 0.489 e. The Labute approximate surface area is 377 Å². The number of amides is 4. The van der Waals surface area contributed by atoms with E-state index in [1.54, 1.807) is 24.3 Å². The molecule has 0 bridgehead atoms. The third kappa shape index (κ3) is 14.3. The van der Waals surface area contributed by atoms with Crippen molar-refractivity contribution in [3.63, 3.8) is 0 Å². The third-order valence-electron chi connectivity index (χ3n) is 10.3. The standard InChI is InChI=1S/C52H60N6O6/c1-6-11-25-53-49(59)45-30-42(31-46(57-45)50(60)54-26-12-7-2)63-34-36-15-19-39(20-16-36)41-23-24-44(38(10-5)29-41)40-21-17-37(18-22-40)35-64-43-32-47(51(61)55-27-13-8-3)58-48(33-43)52(62)56-28-14-9-4/h5,15-24,29-33H,6-9,11-14,25-28,34-35H2,1-4H3,(H,53,59)(H,54,60)(H,55,61)(H,56,62). The Morgan fingerprint density at radius 1 is 0.484 bits per heavy atom. The molecule has 64 heavy (non-hydrogen) atoms. The minimum atomic E-state index is -0.356. The van der Waals surface area contributed by atoms with Crippen molar-refractivity contribution in [3.05, 3.63) is 130 Å². The highest BCUT2D eigenvalue weighted by Crippen LogP contribution is 2.30. The van der Waals surface area contributed by atoms with Crippen LogP contribution >= 0.6 is 0 Å². The lowest BCUT2D eigenvalue weighted by atomic mass is 9.94. The number of hydrogen-bond donors (Lipinski definition) is 4. The number of nitrogens with one attached hydrogen (secondary N) is 4. The molecule has 12 nitrogen and oxygen atoms in total. The molecule has 0 fully saturated rings. The topological polar surface area (TPSA) is 161 Å². The van der Waals surface area contributed by atoms with Crippen LogP contribution in [-0.4, -0.2) is 59.8 Å². The predicted octanol–water partition coefficient (Wildman–Crippen LogP) is 9.07. The van der Waals surface area contributed by atoms with Crippen LogP contribution in [0, 0.1) is 12.3 Å². The lowest BCUT2D eigenvalue weighted by Gasteiger charge is -2.13. The summed E-state index contributed by atoms with van der Waals surface area (Å²) in [6.45, 7) is 10.7. The lowest BCUT2D eigenvalue weighted by molar-refractivity contribution is 0.0927. The van der Waals surface area contributed by atoms with Gasteiger partial charge in [0.25, 0.3) is 23.6 Å². The molecule has 0 spiro atoms. The fraction of sp³-hybridized carbons (Fsp3) is 0.346. The van der Waals surface area contributed by atoms with Crippen molar-refractivity contribution in [2.45, 2.75) is 92.3 Å². The fourth-order valence-corrected chi connectivity index (χ4v) is 6.52. The van der Waals surface area contributed by atoms with Crippen LogP contribution in [0.5, 0.6) is 11.5 Å². The van der Waals surface area contributed by atoms with E-state index >= 15 is 0 Å². The van der Waals surface area contributed by atoms with Gasteiger partial charge in [-0.3, -0.25) is 19.2 Å². The summed E-state index contributed by atoms with van der Waals surface area (Å²) in [4.78, 5) is 60.2. The van der Waals surface area contributed by atoms with E-state index in [0.717, 1.165) is 90.3 Å². The van der Waals surface area contributed by atoms with Gasteiger partial charge in [0.1, 0.15) is 47.5 Å². The molecule has 0 aliphatic heterocycles. The van der Waals surface area contributed by atoms with Crippen LogP contribution in [0.15, 0.2) is 91.0 Å². The van der Waals surface area contributed by atoms with Crippen molar-refractivity contribution in [1.29, 1.82) is 0 Å². The number of pyridine rings is 2. The SMILES string of the molecule is C#Cc1cc(-c2ccc(COc3cc(C(=O)NCCCC)nc(C(=O)NCCCC)c3)cc2)ccc1-c1ccc(COc2cc(C(=O)NCCCC)nc(C(=O)NCCCC)c2)cc1. The zero-order valence-electron chi connectivity index (χ0n) is 37.5. The molecule has 0 radical (unpaired) electrons. The number of hydrogen-bond acceptors (Lipinski definition) is 8. The molecule has 0 unspecified atom stereocenters. The molecule has 4 N–H and O–H groups in total. The van der Waals surface area contributed by atoms with E-state index < -0.39 is 0 Å². The van der Waals surface area contributed by atoms with Crippen molar-refractivity contribution >= 4 is 23.6 Å². The molecule has 5 aromatic rings. The van der Waals surface area contributed by atoms with Gasteiger partial charge in [-0.15, -0.1) is 6.42 Å². The van der Waals surface area contributed by atoms with Crippen LogP contribution in [0.4, 0.5) is 0 Å². The summed E-state index contributed by atoms with van der Waals surface area (Å²) in [7, 11) is 0. The van der Waals surface area contributed by atoms with E-state index in [2.05, 4.69) is 37.2 Å². The lowest BCUT2D eigenvalue weighted by Crippen LogP contribution is -2.28. The quantitative estimate of drug-likeness (QED) is 0.0353. The molecule has 2 heterocycles. The van der Waals surface area contributed by atoms with Gasteiger partial charge in [-0.2, -0.15) is 0 Å². The first-order valence-corrected chi connectivity index (χ1v) is 22.4. The van der Waals surface area contributed by atoms with Gasteiger partial charge in [-0.25, -0.2) is 9.97 Å². The summed E-state index contributed by atoms with van der Waals surface area (Å²) in [5, 5.41) is 11.5. The first-order valence-electron chi connectivity index (χ1n) is 22.4. The number of carbonyl (C=O) groups is 4. The summed E-state index contributed by atoms with van der Waals surface area (Å²) < 4.78 is 12.2. The van der Waals surface area contributed by atoms with Crippen molar-refractivity contribution in [2.24, 2.45) is 0 Å². The smallest absolute Gasteiger partial charge is 0.270 e. The molecular weight excluding hydrogens is 805 g/mol. The van der Waals surface area contributed by atoms with Crippen LogP contribution in [0.25, 0.3) is 22.3 Å². The predicted molar refractivity (Wildman–Crippen MR) is 251 cm³/mol. The Balaban J connectivity index is 1.24. The van der Waals surface area contributed by atoms with E-state index in [1.165, 1.54) is 0 Å². The number of rotatable bonds is 24. The average Bonchev–Trinajstić information content (AvgIpc) is 3.32. The van der Waals surface area contributed by atoms with Crippen LogP contribution in [0.1, 0.15) is 138 Å². The summed E-state index contributed by atoms with van der Waals surface area (Å²) in [6.07, 6.45) is 13.2. The summed E-state index contributed by atoms with van der Waals surface area (Å²) in [6, 6.07) is 28.1. The van der Waals surface area contributed by atoms with Crippen LogP contribution in [0.3, 0.4) is 0 Å². The summed E-state index contributed by atoms with van der Waals surface area (Å²) in [5.74, 6) is 2.17. The van der Waals surface area contributed by atoms with Crippen LogP contribution in [-0.2, 0) is 13.2 Å².